The van der Waals surface area contributed by atoms with Gasteiger partial charge in [-0.05, 0) is 80.2 Å². The van der Waals surface area contributed by atoms with E-state index in [-0.39, 0.29) is 10.9 Å². The highest BCUT2D eigenvalue weighted by atomic mass is 32.1. The fourth-order valence-electron chi connectivity index (χ4n) is 2.89. The van der Waals surface area contributed by atoms with Crippen molar-refractivity contribution in [1.29, 1.82) is 0 Å². The smallest absolute Gasteiger partial charge is 0.293 e. The van der Waals surface area contributed by atoms with Gasteiger partial charge in [0.15, 0.2) is 10.9 Å². The first-order valence-electron chi connectivity index (χ1n) is 9.30. The maximum Gasteiger partial charge on any atom is 0.293 e. The lowest BCUT2D eigenvalue weighted by atomic mass is 10.2. The zero-order valence-electron chi connectivity index (χ0n) is 16.4. The number of anilines is 1. The summed E-state index contributed by atoms with van der Waals surface area (Å²) >= 11 is 5.25. The maximum absolute atomic E-state index is 12.1. The summed E-state index contributed by atoms with van der Waals surface area (Å²) in [7, 11) is 0. The Kier molecular flexibility index (Phi) is 5.44. The van der Waals surface area contributed by atoms with Crippen molar-refractivity contribution in [1.82, 2.24) is 20.3 Å². The lowest BCUT2D eigenvalue weighted by molar-refractivity contribution is 0.0950. The second-order valence-electron chi connectivity index (χ2n) is 6.46. The number of nitrogens with zero attached hydrogens (tertiary/aromatic N) is 3. The molecule has 0 saturated carbocycles. The van der Waals surface area contributed by atoms with Crippen LogP contribution in [-0.4, -0.2) is 32.6 Å². The molecule has 9 heteroatoms. The van der Waals surface area contributed by atoms with Gasteiger partial charge in [0, 0.05) is 5.69 Å². The molecule has 0 saturated heterocycles. The van der Waals surface area contributed by atoms with Crippen LogP contribution >= 0.6 is 12.2 Å². The van der Waals surface area contributed by atoms with E-state index in [4.69, 9.17) is 21.4 Å². The van der Waals surface area contributed by atoms with Gasteiger partial charge < -0.3 is 14.5 Å². The molecule has 30 heavy (non-hydrogen) atoms. The minimum absolute atomic E-state index is 0.165. The molecule has 0 atom stereocenters. The molecule has 0 spiro atoms. The fourth-order valence-corrected chi connectivity index (χ4v) is 3.09. The molecule has 4 aromatic rings. The van der Waals surface area contributed by atoms with Gasteiger partial charge >= 0.3 is 0 Å². The average molecular weight is 421 g/mol. The Morgan fingerprint density at radius 1 is 1.17 bits per heavy atom. The topological polar surface area (TPSA) is 94.2 Å². The number of hydrogen-bond donors (Lipinski definition) is 2. The second kappa shape index (κ2) is 8.34. The fraction of sp³-hybridized carbons (Fsp3) is 0.143. The van der Waals surface area contributed by atoms with Crippen molar-refractivity contribution in [3.8, 4) is 11.4 Å². The van der Waals surface area contributed by atoms with E-state index in [1.165, 1.54) is 6.26 Å². The van der Waals surface area contributed by atoms with Crippen molar-refractivity contribution in [3.63, 3.8) is 0 Å². The molecule has 0 fully saturated rings. The molecule has 8 nitrogen and oxygen atoms in total. The highest BCUT2D eigenvalue weighted by Gasteiger charge is 2.13. The van der Waals surface area contributed by atoms with E-state index in [0.29, 0.717) is 12.1 Å². The predicted octanol–water partition coefficient (Wildman–Crippen LogP) is 3.85. The molecule has 2 heterocycles. The van der Waals surface area contributed by atoms with Crippen LogP contribution in [-0.2, 0) is 0 Å². The van der Waals surface area contributed by atoms with E-state index in [1.54, 1.807) is 16.9 Å². The van der Waals surface area contributed by atoms with Crippen molar-refractivity contribution in [2.75, 3.05) is 11.9 Å². The van der Waals surface area contributed by atoms with Gasteiger partial charge in [0.1, 0.15) is 16.8 Å². The van der Waals surface area contributed by atoms with Crippen molar-refractivity contribution in [3.05, 3.63) is 66.1 Å². The van der Waals surface area contributed by atoms with Gasteiger partial charge in [-0.15, -0.1) is 10.2 Å². The molecule has 0 aliphatic heterocycles. The zero-order valence-corrected chi connectivity index (χ0v) is 17.2. The van der Waals surface area contributed by atoms with Crippen LogP contribution in [0.25, 0.3) is 16.7 Å². The van der Waals surface area contributed by atoms with Crippen LogP contribution in [0.15, 0.2) is 59.2 Å². The summed E-state index contributed by atoms with van der Waals surface area (Å²) in [6.45, 7) is 4.48. The highest BCUT2D eigenvalue weighted by molar-refractivity contribution is 7.80. The largest absolute Gasteiger partial charge is 0.494 e. The van der Waals surface area contributed by atoms with E-state index < -0.39 is 5.91 Å². The first kappa shape index (κ1) is 19.6. The lowest BCUT2D eigenvalue weighted by Gasteiger charge is -2.10. The molecule has 152 valence electrons. The van der Waals surface area contributed by atoms with Gasteiger partial charge in [-0.25, -0.2) is 0 Å². The molecule has 2 aromatic carbocycles. The lowest BCUT2D eigenvalue weighted by Crippen LogP contribution is -2.34. The summed E-state index contributed by atoms with van der Waals surface area (Å²) in [5.74, 6) is 0.563. The Bertz CT molecular complexity index is 1200. The van der Waals surface area contributed by atoms with Gasteiger partial charge in [-0.3, -0.25) is 10.1 Å². The molecule has 2 N–H and O–H groups in total. The Morgan fingerprint density at radius 3 is 2.57 bits per heavy atom. The number of furan rings is 1. The van der Waals surface area contributed by atoms with Crippen LogP contribution < -0.4 is 15.4 Å². The number of amides is 1. The van der Waals surface area contributed by atoms with E-state index in [1.807, 2.05) is 50.2 Å². The molecule has 0 aliphatic carbocycles. The minimum atomic E-state index is -0.419. The average Bonchev–Trinajstić information content (AvgIpc) is 3.39. The van der Waals surface area contributed by atoms with Gasteiger partial charge in [0.25, 0.3) is 5.91 Å². The van der Waals surface area contributed by atoms with Crippen molar-refractivity contribution >= 4 is 40.0 Å². The molecule has 0 unspecified atom stereocenters. The quantitative estimate of drug-likeness (QED) is 0.473. The molecule has 0 radical (unpaired) electrons. The third-order valence-corrected chi connectivity index (χ3v) is 4.53. The predicted molar refractivity (Wildman–Crippen MR) is 117 cm³/mol. The van der Waals surface area contributed by atoms with Crippen molar-refractivity contribution in [2.24, 2.45) is 0 Å². The second-order valence-corrected chi connectivity index (χ2v) is 6.87. The van der Waals surface area contributed by atoms with Crippen LogP contribution in [0.3, 0.4) is 0 Å². The van der Waals surface area contributed by atoms with E-state index in [9.17, 15) is 4.79 Å². The Labute approximate surface area is 177 Å². The third-order valence-electron chi connectivity index (χ3n) is 4.33. The molecule has 4 rings (SSSR count). The Balaban J connectivity index is 1.53. The SMILES string of the molecule is CCOc1ccc(-n2nc3cc(C)c(NC(=S)NC(=O)c4ccco4)cc3n2)cc1. The van der Waals surface area contributed by atoms with Crippen LogP contribution in [0.2, 0.25) is 0 Å². The third kappa shape index (κ3) is 4.15. The summed E-state index contributed by atoms with van der Waals surface area (Å²) in [6, 6.07) is 14.5. The standard InChI is InChI=1S/C21H19N5O3S/c1-3-28-15-8-6-14(7-9-15)26-24-17-11-13(2)16(12-18(17)25-26)22-21(30)23-20(27)19-5-4-10-29-19/h4-12H,3H2,1-2H3,(H2,22,23,27,30). The number of aryl methyl sites for hydroxylation is 1. The molecule has 0 aliphatic rings. The number of thiocarbonyl (C=S) groups is 1. The number of fused-ring (bicyclic) bond motifs is 1. The van der Waals surface area contributed by atoms with E-state index in [0.717, 1.165) is 28.2 Å². The number of carbonyl (C=O) groups is 1. The first-order valence-corrected chi connectivity index (χ1v) is 9.71. The number of aromatic nitrogens is 3. The summed E-state index contributed by atoms with van der Waals surface area (Å²) in [6.07, 6.45) is 1.43. The van der Waals surface area contributed by atoms with Crippen LogP contribution in [0, 0.1) is 6.92 Å². The van der Waals surface area contributed by atoms with Gasteiger partial charge in [0.2, 0.25) is 0 Å². The molecule has 1 amide bonds. The van der Waals surface area contributed by atoms with Gasteiger partial charge in [0.05, 0.1) is 18.6 Å². The Hall–Kier alpha value is -3.72. The Morgan fingerprint density at radius 2 is 1.90 bits per heavy atom. The maximum atomic E-state index is 12.1. The van der Waals surface area contributed by atoms with Crippen LogP contribution in [0.1, 0.15) is 23.0 Å². The molecular formula is C21H19N5O3S. The number of benzene rings is 2. The summed E-state index contributed by atoms with van der Waals surface area (Å²) in [4.78, 5) is 13.6. The van der Waals surface area contributed by atoms with Gasteiger partial charge in [-0.1, -0.05) is 0 Å². The number of carbonyl (C=O) groups excluding carboxylic acids is 1. The highest BCUT2D eigenvalue weighted by Crippen LogP contribution is 2.23. The van der Waals surface area contributed by atoms with E-state index in [2.05, 4.69) is 20.8 Å². The number of ether oxygens (including phenoxy) is 1. The summed E-state index contributed by atoms with van der Waals surface area (Å²) in [5, 5.41) is 14.9. The summed E-state index contributed by atoms with van der Waals surface area (Å²) in [5.41, 5.74) is 3.90. The molecule has 0 bridgehead atoms. The van der Waals surface area contributed by atoms with Crippen molar-refractivity contribution < 1.29 is 13.9 Å². The van der Waals surface area contributed by atoms with Crippen LogP contribution in [0.4, 0.5) is 5.69 Å². The number of hydrogen-bond acceptors (Lipinski definition) is 6. The normalized spacial score (nSPS) is 10.7. The van der Waals surface area contributed by atoms with Crippen molar-refractivity contribution in [2.45, 2.75) is 13.8 Å². The number of nitrogens with one attached hydrogen (secondary N) is 2. The minimum Gasteiger partial charge on any atom is -0.494 e. The zero-order chi connectivity index (χ0) is 21.1. The molecule has 2 aromatic heterocycles. The summed E-state index contributed by atoms with van der Waals surface area (Å²) < 4.78 is 10.5. The monoisotopic (exact) mass is 421 g/mol. The van der Waals surface area contributed by atoms with Gasteiger partial charge in [-0.2, -0.15) is 4.80 Å². The van der Waals surface area contributed by atoms with Crippen LogP contribution in [0.5, 0.6) is 5.75 Å². The molecular weight excluding hydrogens is 402 g/mol. The first-order chi connectivity index (χ1) is 14.5. The number of rotatable bonds is 5. The van der Waals surface area contributed by atoms with E-state index >= 15 is 0 Å².